The van der Waals surface area contributed by atoms with E-state index in [0.717, 1.165) is 52.1 Å². The van der Waals surface area contributed by atoms with Crippen LogP contribution in [-0.4, -0.2) is 41.1 Å². The molecule has 1 aliphatic heterocycles. The summed E-state index contributed by atoms with van der Waals surface area (Å²) in [5.74, 6) is 0. The predicted octanol–water partition coefficient (Wildman–Crippen LogP) is 4.96. The quantitative estimate of drug-likeness (QED) is 0.536. The van der Waals surface area contributed by atoms with Gasteiger partial charge in [0.25, 0.3) is 0 Å². The van der Waals surface area contributed by atoms with E-state index in [2.05, 4.69) is 101 Å². The van der Waals surface area contributed by atoms with Crippen LogP contribution < -0.4 is 0 Å². The fourth-order valence-corrected chi connectivity index (χ4v) is 4.92. The van der Waals surface area contributed by atoms with Crippen LogP contribution in [0.25, 0.3) is 0 Å². The first kappa shape index (κ1) is 21.8. The van der Waals surface area contributed by atoms with Crippen molar-refractivity contribution in [2.75, 3.05) is 26.2 Å². The molecule has 0 aromatic heterocycles. The highest BCUT2D eigenvalue weighted by molar-refractivity contribution is 5.18. The van der Waals surface area contributed by atoms with Gasteiger partial charge < -0.3 is 5.11 Å². The lowest BCUT2D eigenvalue weighted by atomic mass is 9.79. The Balaban J connectivity index is 1.49. The van der Waals surface area contributed by atoms with Gasteiger partial charge in [-0.25, -0.2) is 0 Å². The minimum Gasteiger partial charge on any atom is -0.396 e. The SMILES string of the molecule is OCC1(CN(Cc2ccccc2)Cc2ccccc2)CCCN(Cc2ccccc2)C1. The molecule has 3 aromatic rings. The first-order chi connectivity index (χ1) is 15.2. The molecule has 1 fully saturated rings. The number of rotatable bonds is 9. The molecule has 162 valence electrons. The third kappa shape index (κ3) is 6.27. The van der Waals surface area contributed by atoms with Gasteiger partial charge >= 0.3 is 0 Å². The molecule has 3 nitrogen and oxygen atoms in total. The second kappa shape index (κ2) is 10.7. The summed E-state index contributed by atoms with van der Waals surface area (Å²) in [5.41, 5.74) is 3.91. The van der Waals surface area contributed by atoms with Gasteiger partial charge in [0, 0.05) is 38.1 Å². The lowest BCUT2D eigenvalue weighted by Gasteiger charge is -2.44. The van der Waals surface area contributed by atoms with Crippen LogP contribution >= 0.6 is 0 Å². The maximum Gasteiger partial charge on any atom is 0.0512 e. The third-order valence-electron chi connectivity index (χ3n) is 6.38. The lowest BCUT2D eigenvalue weighted by molar-refractivity contribution is -0.00314. The molecule has 0 radical (unpaired) electrons. The van der Waals surface area contributed by atoms with E-state index in [1.54, 1.807) is 0 Å². The summed E-state index contributed by atoms with van der Waals surface area (Å²) in [4.78, 5) is 5.05. The molecule has 1 heterocycles. The first-order valence-electron chi connectivity index (χ1n) is 11.4. The van der Waals surface area contributed by atoms with Crippen LogP contribution in [0.1, 0.15) is 29.5 Å². The highest BCUT2D eigenvalue weighted by atomic mass is 16.3. The summed E-state index contributed by atoms with van der Waals surface area (Å²) >= 11 is 0. The van der Waals surface area contributed by atoms with Crippen LogP contribution in [0.2, 0.25) is 0 Å². The summed E-state index contributed by atoms with van der Waals surface area (Å²) in [6.07, 6.45) is 2.22. The van der Waals surface area contributed by atoms with Crippen molar-refractivity contribution in [3.63, 3.8) is 0 Å². The minimum absolute atomic E-state index is 0.0867. The van der Waals surface area contributed by atoms with Crippen LogP contribution in [0.5, 0.6) is 0 Å². The van der Waals surface area contributed by atoms with Crippen molar-refractivity contribution < 1.29 is 5.11 Å². The number of aliphatic hydroxyl groups is 1. The van der Waals surface area contributed by atoms with E-state index in [1.165, 1.54) is 16.7 Å². The zero-order valence-electron chi connectivity index (χ0n) is 18.4. The lowest BCUT2D eigenvalue weighted by Crippen LogP contribution is -2.50. The van der Waals surface area contributed by atoms with Crippen molar-refractivity contribution in [3.8, 4) is 0 Å². The smallest absolute Gasteiger partial charge is 0.0512 e. The molecule has 0 aliphatic carbocycles. The number of nitrogens with zero attached hydrogens (tertiary/aromatic N) is 2. The summed E-state index contributed by atoms with van der Waals surface area (Å²) in [5, 5.41) is 10.6. The van der Waals surface area contributed by atoms with E-state index in [1.807, 2.05) is 0 Å². The largest absolute Gasteiger partial charge is 0.396 e. The highest BCUT2D eigenvalue weighted by Gasteiger charge is 2.36. The topological polar surface area (TPSA) is 26.7 Å². The zero-order valence-corrected chi connectivity index (χ0v) is 18.4. The van der Waals surface area contributed by atoms with Gasteiger partial charge in [-0.2, -0.15) is 0 Å². The molecular weight excluding hydrogens is 380 g/mol. The number of benzene rings is 3. The molecule has 1 saturated heterocycles. The molecule has 1 atom stereocenters. The van der Waals surface area contributed by atoms with E-state index in [-0.39, 0.29) is 12.0 Å². The molecule has 0 saturated carbocycles. The molecule has 0 spiro atoms. The molecular formula is C28H34N2O. The molecule has 1 aliphatic rings. The number of piperidine rings is 1. The van der Waals surface area contributed by atoms with E-state index < -0.39 is 0 Å². The van der Waals surface area contributed by atoms with Gasteiger partial charge in [-0.05, 0) is 36.1 Å². The Hall–Kier alpha value is -2.46. The minimum atomic E-state index is -0.0867. The second-order valence-electron chi connectivity index (χ2n) is 9.07. The summed E-state index contributed by atoms with van der Waals surface area (Å²) < 4.78 is 0. The van der Waals surface area contributed by atoms with Crippen molar-refractivity contribution in [1.82, 2.24) is 9.80 Å². The monoisotopic (exact) mass is 414 g/mol. The average molecular weight is 415 g/mol. The van der Waals surface area contributed by atoms with Crippen LogP contribution in [0.4, 0.5) is 0 Å². The Bertz CT molecular complexity index is 859. The molecule has 1 N–H and O–H groups in total. The molecule has 3 heteroatoms. The molecule has 3 aromatic carbocycles. The fraction of sp³-hybridized carbons (Fsp3) is 0.357. The maximum absolute atomic E-state index is 10.6. The van der Waals surface area contributed by atoms with Crippen LogP contribution in [0.15, 0.2) is 91.0 Å². The predicted molar refractivity (Wildman–Crippen MR) is 127 cm³/mol. The van der Waals surface area contributed by atoms with Gasteiger partial charge in [0.2, 0.25) is 0 Å². The molecule has 31 heavy (non-hydrogen) atoms. The van der Waals surface area contributed by atoms with Gasteiger partial charge in [0.15, 0.2) is 0 Å². The van der Waals surface area contributed by atoms with Gasteiger partial charge in [-0.1, -0.05) is 91.0 Å². The van der Waals surface area contributed by atoms with Crippen LogP contribution in [0, 0.1) is 5.41 Å². The van der Waals surface area contributed by atoms with E-state index in [9.17, 15) is 5.11 Å². The second-order valence-corrected chi connectivity index (χ2v) is 9.07. The number of hydrogen-bond donors (Lipinski definition) is 1. The summed E-state index contributed by atoms with van der Waals surface area (Å²) in [6, 6.07) is 32.1. The summed E-state index contributed by atoms with van der Waals surface area (Å²) in [7, 11) is 0. The standard InChI is InChI=1S/C28H34N2O/c31-24-28(17-10-18-29(22-28)19-25-11-4-1-5-12-25)23-30(20-26-13-6-2-7-14-26)21-27-15-8-3-9-16-27/h1-9,11-16,31H,10,17-24H2. The Morgan fingerprint density at radius 1 is 0.742 bits per heavy atom. The third-order valence-corrected chi connectivity index (χ3v) is 6.38. The average Bonchev–Trinajstić information content (AvgIpc) is 2.81. The van der Waals surface area contributed by atoms with Gasteiger partial charge in [0.05, 0.1) is 6.61 Å². The van der Waals surface area contributed by atoms with Gasteiger partial charge in [-0.15, -0.1) is 0 Å². The Kier molecular flexibility index (Phi) is 7.52. The van der Waals surface area contributed by atoms with Gasteiger partial charge in [-0.3, -0.25) is 9.80 Å². The molecule has 4 rings (SSSR count). The number of likely N-dealkylation sites (tertiary alicyclic amines) is 1. The zero-order chi connectivity index (χ0) is 21.4. The first-order valence-corrected chi connectivity index (χ1v) is 11.4. The van der Waals surface area contributed by atoms with Crippen molar-refractivity contribution in [2.45, 2.75) is 32.5 Å². The Labute approximate surface area is 187 Å². The molecule has 0 amide bonds. The van der Waals surface area contributed by atoms with Crippen molar-refractivity contribution in [3.05, 3.63) is 108 Å². The molecule has 1 unspecified atom stereocenters. The van der Waals surface area contributed by atoms with Crippen molar-refractivity contribution in [2.24, 2.45) is 5.41 Å². The Morgan fingerprint density at radius 2 is 1.26 bits per heavy atom. The summed E-state index contributed by atoms with van der Waals surface area (Å²) in [6.45, 7) is 5.94. The molecule has 0 bridgehead atoms. The van der Waals surface area contributed by atoms with Crippen molar-refractivity contribution in [1.29, 1.82) is 0 Å². The van der Waals surface area contributed by atoms with Crippen LogP contribution in [0.3, 0.4) is 0 Å². The number of aliphatic hydroxyl groups excluding tert-OH is 1. The van der Waals surface area contributed by atoms with E-state index in [4.69, 9.17) is 0 Å². The van der Waals surface area contributed by atoms with Gasteiger partial charge in [0.1, 0.15) is 0 Å². The van der Waals surface area contributed by atoms with E-state index >= 15 is 0 Å². The van der Waals surface area contributed by atoms with E-state index in [0.29, 0.717) is 0 Å². The normalized spacial score (nSPS) is 19.5. The highest BCUT2D eigenvalue weighted by Crippen LogP contribution is 2.32. The Morgan fingerprint density at radius 3 is 1.77 bits per heavy atom. The maximum atomic E-state index is 10.6. The number of hydrogen-bond acceptors (Lipinski definition) is 3. The van der Waals surface area contributed by atoms with Crippen molar-refractivity contribution >= 4 is 0 Å². The van der Waals surface area contributed by atoms with Crippen LogP contribution in [-0.2, 0) is 19.6 Å². The fourth-order valence-electron chi connectivity index (χ4n) is 4.92.